The van der Waals surface area contributed by atoms with E-state index in [9.17, 15) is 4.79 Å². The molecule has 130 valence electrons. The van der Waals surface area contributed by atoms with Gasteiger partial charge in [0.2, 0.25) is 0 Å². The molecule has 0 aromatic heterocycles. The van der Waals surface area contributed by atoms with Crippen molar-refractivity contribution in [1.82, 2.24) is 10.6 Å². The maximum Gasteiger partial charge on any atom is 0.407 e. The minimum atomic E-state index is -0.395. The van der Waals surface area contributed by atoms with E-state index in [1.165, 1.54) is 0 Å². The number of methoxy groups -OCH3 is 1. The van der Waals surface area contributed by atoms with Crippen molar-refractivity contribution in [3.63, 3.8) is 0 Å². The van der Waals surface area contributed by atoms with Crippen molar-refractivity contribution < 1.29 is 19.0 Å². The van der Waals surface area contributed by atoms with E-state index in [-0.39, 0.29) is 6.10 Å². The summed E-state index contributed by atoms with van der Waals surface area (Å²) in [5.74, 6) is 1.31. The van der Waals surface area contributed by atoms with Crippen molar-refractivity contribution in [3.8, 4) is 11.5 Å². The quantitative estimate of drug-likeness (QED) is 0.842. The average molecular weight is 324 g/mol. The number of alkyl carbamates (subject to hydrolysis) is 1. The van der Waals surface area contributed by atoms with E-state index < -0.39 is 6.09 Å². The van der Waals surface area contributed by atoms with Gasteiger partial charge in [-0.3, -0.25) is 0 Å². The Kier molecular flexibility index (Phi) is 8.26. The zero-order valence-corrected chi connectivity index (χ0v) is 14.6. The number of cyclic esters (lactones) is 1. The van der Waals surface area contributed by atoms with Crippen molar-refractivity contribution in [2.24, 2.45) is 0 Å². The van der Waals surface area contributed by atoms with Gasteiger partial charge in [-0.25, -0.2) is 4.79 Å². The maximum atomic E-state index is 10.8. The molecule has 0 bridgehead atoms. The van der Waals surface area contributed by atoms with Crippen LogP contribution in [-0.4, -0.2) is 44.5 Å². The van der Waals surface area contributed by atoms with Crippen LogP contribution in [0.2, 0.25) is 0 Å². The van der Waals surface area contributed by atoms with E-state index in [0.29, 0.717) is 36.7 Å². The van der Waals surface area contributed by atoms with Crippen LogP contribution < -0.4 is 20.1 Å². The summed E-state index contributed by atoms with van der Waals surface area (Å²) >= 11 is 0. The average Bonchev–Trinajstić information content (AvgIpc) is 2.90. The lowest BCUT2D eigenvalue weighted by molar-refractivity contribution is 0.103. The molecule has 1 aliphatic heterocycles. The Bertz CT molecular complexity index is 471. The smallest absolute Gasteiger partial charge is 0.407 e. The van der Waals surface area contributed by atoms with Crippen LogP contribution in [0.4, 0.5) is 4.79 Å². The second kappa shape index (κ2) is 9.94. The van der Waals surface area contributed by atoms with Gasteiger partial charge in [-0.1, -0.05) is 39.8 Å². The molecule has 1 atom stereocenters. The van der Waals surface area contributed by atoms with Gasteiger partial charge in [0.15, 0.2) is 17.6 Å². The van der Waals surface area contributed by atoms with Gasteiger partial charge in [0, 0.05) is 12.1 Å². The first-order valence-electron chi connectivity index (χ1n) is 7.88. The largest absolute Gasteiger partial charge is 0.493 e. The fraction of sp³-hybridized carbons (Fsp3) is 0.588. The highest BCUT2D eigenvalue weighted by atomic mass is 16.6. The van der Waals surface area contributed by atoms with E-state index in [4.69, 9.17) is 14.2 Å². The van der Waals surface area contributed by atoms with Crippen LogP contribution in [0.15, 0.2) is 24.3 Å². The molecule has 0 radical (unpaired) electrons. The number of ether oxygens (including phenoxy) is 3. The van der Waals surface area contributed by atoms with E-state index in [2.05, 4.69) is 38.3 Å². The van der Waals surface area contributed by atoms with E-state index in [0.717, 1.165) is 0 Å². The van der Waals surface area contributed by atoms with Crippen LogP contribution in [0.1, 0.15) is 27.7 Å². The number of hydrogen-bond acceptors (Lipinski definition) is 5. The lowest BCUT2D eigenvalue weighted by Gasteiger charge is -2.12. The summed E-state index contributed by atoms with van der Waals surface area (Å²) in [5, 5.41) is 5.87. The molecule has 1 aromatic rings. The minimum absolute atomic E-state index is 0.239. The molecular formula is C17H28N2O4. The summed E-state index contributed by atoms with van der Waals surface area (Å²) in [6, 6.07) is 8.59. The molecule has 1 heterocycles. The maximum absolute atomic E-state index is 10.8. The highest BCUT2D eigenvalue weighted by Gasteiger charge is 2.23. The molecule has 0 spiro atoms. The second-order valence-electron chi connectivity index (χ2n) is 5.85. The number of para-hydroxylation sites is 2. The van der Waals surface area contributed by atoms with E-state index >= 15 is 0 Å². The predicted octanol–water partition coefficient (Wildman–Crippen LogP) is 2.58. The molecule has 2 N–H and O–H groups in total. The van der Waals surface area contributed by atoms with Crippen LogP contribution in [0.5, 0.6) is 11.5 Å². The molecule has 1 aliphatic rings. The SMILES string of the molecule is CC(C)NC(C)C.COc1ccccc1OCC1CNC(=O)O1. The number of benzene rings is 1. The van der Waals surface area contributed by atoms with E-state index in [1.807, 2.05) is 24.3 Å². The van der Waals surface area contributed by atoms with Crippen molar-refractivity contribution in [1.29, 1.82) is 0 Å². The van der Waals surface area contributed by atoms with Gasteiger partial charge < -0.3 is 24.8 Å². The molecule has 0 aliphatic carbocycles. The number of carbonyl (C=O) groups excluding carboxylic acids is 1. The summed E-state index contributed by atoms with van der Waals surface area (Å²) in [5.41, 5.74) is 0. The molecule has 1 unspecified atom stereocenters. The molecule has 0 saturated carbocycles. The number of carbonyl (C=O) groups is 1. The summed E-state index contributed by atoms with van der Waals surface area (Å²) in [7, 11) is 1.58. The Labute approximate surface area is 138 Å². The summed E-state index contributed by atoms with van der Waals surface area (Å²) in [4.78, 5) is 10.8. The van der Waals surface area contributed by atoms with Crippen LogP contribution in [0.3, 0.4) is 0 Å². The van der Waals surface area contributed by atoms with Gasteiger partial charge in [-0.15, -0.1) is 0 Å². The van der Waals surface area contributed by atoms with Crippen molar-refractivity contribution >= 4 is 6.09 Å². The molecule has 1 aromatic carbocycles. The monoisotopic (exact) mass is 324 g/mol. The third-order valence-electron chi connectivity index (χ3n) is 2.91. The summed E-state index contributed by atoms with van der Waals surface area (Å²) in [6.45, 7) is 9.41. The van der Waals surface area contributed by atoms with Gasteiger partial charge in [-0.2, -0.15) is 0 Å². The minimum Gasteiger partial charge on any atom is -0.493 e. The standard InChI is InChI=1S/C11H13NO4.C6H15N/c1-14-9-4-2-3-5-10(9)15-7-8-6-12-11(13)16-8;1-5(2)7-6(3)4/h2-5,8H,6-7H2,1H3,(H,12,13);5-7H,1-4H3. The fourth-order valence-electron chi connectivity index (χ4n) is 2.11. The third-order valence-corrected chi connectivity index (χ3v) is 2.91. The lowest BCUT2D eigenvalue weighted by Crippen LogP contribution is -2.29. The molecular weight excluding hydrogens is 296 g/mol. The molecule has 23 heavy (non-hydrogen) atoms. The third kappa shape index (κ3) is 7.74. The number of rotatable bonds is 6. The number of amides is 1. The van der Waals surface area contributed by atoms with Gasteiger partial charge in [0.1, 0.15) is 6.61 Å². The highest BCUT2D eigenvalue weighted by Crippen LogP contribution is 2.26. The Morgan fingerprint density at radius 3 is 2.26 bits per heavy atom. The first-order chi connectivity index (χ1) is 10.9. The fourth-order valence-corrected chi connectivity index (χ4v) is 2.11. The van der Waals surface area contributed by atoms with Crippen LogP contribution in [0, 0.1) is 0 Å². The topological polar surface area (TPSA) is 68.8 Å². The Balaban J connectivity index is 0.000000322. The van der Waals surface area contributed by atoms with Gasteiger partial charge in [0.25, 0.3) is 0 Å². The Hall–Kier alpha value is -1.95. The molecule has 1 fully saturated rings. The molecule has 6 nitrogen and oxygen atoms in total. The van der Waals surface area contributed by atoms with Crippen LogP contribution >= 0.6 is 0 Å². The summed E-state index contributed by atoms with van der Waals surface area (Å²) < 4.78 is 15.6. The number of nitrogens with one attached hydrogen (secondary N) is 2. The molecule has 1 amide bonds. The van der Waals surface area contributed by atoms with Gasteiger partial charge in [-0.05, 0) is 12.1 Å². The van der Waals surface area contributed by atoms with Crippen molar-refractivity contribution in [2.75, 3.05) is 20.3 Å². The summed E-state index contributed by atoms with van der Waals surface area (Å²) in [6.07, 6.45) is -0.633. The van der Waals surface area contributed by atoms with Crippen molar-refractivity contribution in [2.45, 2.75) is 45.9 Å². The Morgan fingerprint density at radius 1 is 1.22 bits per heavy atom. The second-order valence-corrected chi connectivity index (χ2v) is 5.85. The molecule has 2 rings (SSSR count). The molecule has 6 heteroatoms. The van der Waals surface area contributed by atoms with Crippen LogP contribution in [0.25, 0.3) is 0 Å². The van der Waals surface area contributed by atoms with E-state index in [1.54, 1.807) is 7.11 Å². The Morgan fingerprint density at radius 2 is 1.83 bits per heavy atom. The van der Waals surface area contributed by atoms with Gasteiger partial charge >= 0.3 is 6.09 Å². The number of hydrogen-bond donors (Lipinski definition) is 2. The van der Waals surface area contributed by atoms with Crippen LogP contribution in [-0.2, 0) is 4.74 Å². The lowest BCUT2D eigenvalue weighted by atomic mass is 10.3. The first-order valence-corrected chi connectivity index (χ1v) is 7.88. The normalized spacial score (nSPS) is 16.5. The van der Waals surface area contributed by atoms with Gasteiger partial charge in [0.05, 0.1) is 13.7 Å². The zero-order valence-electron chi connectivity index (χ0n) is 14.6. The predicted molar refractivity (Wildman–Crippen MR) is 90.2 cm³/mol. The zero-order chi connectivity index (χ0) is 17.2. The van der Waals surface area contributed by atoms with Crippen molar-refractivity contribution in [3.05, 3.63) is 24.3 Å². The first kappa shape index (κ1) is 19.1. The molecule has 1 saturated heterocycles. The highest BCUT2D eigenvalue weighted by molar-refractivity contribution is 5.69.